The molecule has 1 rings (SSSR count). The molecule has 1 aliphatic heterocycles. The minimum absolute atomic E-state index is 0.241. The van der Waals surface area contributed by atoms with Gasteiger partial charge < -0.3 is 10.0 Å². The highest BCUT2D eigenvalue weighted by molar-refractivity contribution is 5.76. The van der Waals surface area contributed by atoms with Gasteiger partial charge in [0.05, 0.1) is 5.60 Å². The van der Waals surface area contributed by atoms with E-state index in [9.17, 15) is 9.90 Å². The van der Waals surface area contributed by atoms with Crippen LogP contribution < -0.4 is 0 Å². The molecule has 14 heavy (non-hydrogen) atoms. The lowest BCUT2D eigenvalue weighted by atomic mass is 9.98. The third kappa shape index (κ3) is 3.29. The maximum absolute atomic E-state index is 11.6. The van der Waals surface area contributed by atoms with Gasteiger partial charge in [0.25, 0.3) is 0 Å². The third-order valence-electron chi connectivity index (χ3n) is 2.88. The van der Waals surface area contributed by atoms with Crippen molar-refractivity contribution in [3.8, 4) is 0 Å². The normalized spacial score (nSPS) is 28.6. The molecule has 0 aliphatic carbocycles. The Hall–Kier alpha value is -0.570. The van der Waals surface area contributed by atoms with Crippen LogP contribution in [-0.4, -0.2) is 34.6 Å². The molecule has 1 unspecified atom stereocenters. The zero-order valence-corrected chi connectivity index (χ0v) is 9.25. The molecule has 0 spiro atoms. The standard InChI is InChI=1S/C11H21NO2/c1-3-5-10(13)12-8-4-6-11(2,14)7-9-12/h14H,3-9H2,1-2H3. The molecule has 1 N–H and O–H groups in total. The predicted octanol–water partition coefficient (Wildman–Crippen LogP) is 1.55. The average molecular weight is 199 g/mol. The van der Waals surface area contributed by atoms with Crippen LogP contribution >= 0.6 is 0 Å². The first-order valence-corrected chi connectivity index (χ1v) is 5.55. The van der Waals surface area contributed by atoms with E-state index in [2.05, 4.69) is 0 Å². The summed E-state index contributed by atoms with van der Waals surface area (Å²) in [6.07, 6.45) is 3.99. The number of likely N-dealkylation sites (tertiary alicyclic amines) is 1. The Morgan fingerprint density at radius 1 is 1.43 bits per heavy atom. The van der Waals surface area contributed by atoms with Crippen molar-refractivity contribution in [1.82, 2.24) is 4.90 Å². The van der Waals surface area contributed by atoms with Gasteiger partial charge in [-0.1, -0.05) is 6.92 Å². The van der Waals surface area contributed by atoms with Crippen LogP contribution in [-0.2, 0) is 4.79 Å². The number of nitrogens with zero attached hydrogens (tertiary/aromatic N) is 1. The molecule has 3 heteroatoms. The fourth-order valence-electron chi connectivity index (χ4n) is 1.88. The van der Waals surface area contributed by atoms with Crippen LogP contribution in [0.1, 0.15) is 46.0 Å². The first-order valence-electron chi connectivity index (χ1n) is 5.55. The fourth-order valence-corrected chi connectivity index (χ4v) is 1.88. The second kappa shape index (κ2) is 4.78. The van der Waals surface area contributed by atoms with Gasteiger partial charge in [0.2, 0.25) is 5.91 Å². The van der Waals surface area contributed by atoms with E-state index < -0.39 is 5.60 Å². The Kier molecular flexibility index (Phi) is 3.93. The van der Waals surface area contributed by atoms with Gasteiger partial charge in [-0.25, -0.2) is 0 Å². The molecule has 1 aliphatic rings. The molecule has 0 aromatic rings. The highest BCUT2D eigenvalue weighted by Crippen LogP contribution is 2.21. The third-order valence-corrected chi connectivity index (χ3v) is 2.88. The van der Waals surface area contributed by atoms with Crippen LogP contribution in [0.4, 0.5) is 0 Å². The van der Waals surface area contributed by atoms with Gasteiger partial charge in [-0.2, -0.15) is 0 Å². The Morgan fingerprint density at radius 3 is 2.79 bits per heavy atom. The maximum atomic E-state index is 11.6. The maximum Gasteiger partial charge on any atom is 0.222 e. The van der Waals surface area contributed by atoms with Gasteiger partial charge in [0, 0.05) is 19.5 Å². The number of amides is 1. The summed E-state index contributed by atoms with van der Waals surface area (Å²) < 4.78 is 0. The largest absolute Gasteiger partial charge is 0.390 e. The quantitative estimate of drug-likeness (QED) is 0.733. The van der Waals surface area contributed by atoms with Crippen LogP contribution in [0.15, 0.2) is 0 Å². The highest BCUT2D eigenvalue weighted by Gasteiger charge is 2.26. The van der Waals surface area contributed by atoms with Crippen molar-refractivity contribution in [2.24, 2.45) is 0 Å². The summed E-state index contributed by atoms with van der Waals surface area (Å²) in [5.41, 5.74) is -0.568. The minimum Gasteiger partial charge on any atom is -0.390 e. The summed E-state index contributed by atoms with van der Waals surface area (Å²) in [6, 6.07) is 0. The number of rotatable bonds is 2. The molecular formula is C11H21NO2. The Bertz CT molecular complexity index is 201. The molecule has 0 aromatic carbocycles. The van der Waals surface area contributed by atoms with Gasteiger partial charge in [-0.05, 0) is 32.6 Å². The van der Waals surface area contributed by atoms with Crippen molar-refractivity contribution >= 4 is 5.91 Å². The fraction of sp³-hybridized carbons (Fsp3) is 0.909. The zero-order chi connectivity index (χ0) is 10.6. The van der Waals surface area contributed by atoms with E-state index in [4.69, 9.17) is 0 Å². The van der Waals surface area contributed by atoms with Crippen LogP contribution in [0.25, 0.3) is 0 Å². The van der Waals surface area contributed by atoms with Crippen molar-refractivity contribution in [3.63, 3.8) is 0 Å². The van der Waals surface area contributed by atoms with E-state index >= 15 is 0 Å². The van der Waals surface area contributed by atoms with Crippen molar-refractivity contribution in [1.29, 1.82) is 0 Å². The summed E-state index contributed by atoms with van der Waals surface area (Å²) in [6.45, 7) is 5.41. The summed E-state index contributed by atoms with van der Waals surface area (Å²) in [5, 5.41) is 9.85. The second-order valence-corrected chi connectivity index (χ2v) is 4.48. The van der Waals surface area contributed by atoms with E-state index in [1.54, 1.807) is 0 Å². The molecule has 82 valence electrons. The van der Waals surface area contributed by atoms with Crippen molar-refractivity contribution in [3.05, 3.63) is 0 Å². The van der Waals surface area contributed by atoms with Crippen LogP contribution in [0.5, 0.6) is 0 Å². The highest BCUT2D eigenvalue weighted by atomic mass is 16.3. The number of hydrogen-bond donors (Lipinski definition) is 1. The molecule has 1 atom stereocenters. The second-order valence-electron chi connectivity index (χ2n) is 4.48. The Balaban J connectivity index is 2.45. The number of carbonyl (C=O) groups excluding carboxylic acids is 1. The summed E-state index contributed by atoms with van der Waals surface area (Å²) in [4.78, 5) is 13.5. The van der Waals surface area contributed by atoms with Crippen molar-refractivity contribution in [2.45, 2.75) is 51.6 Å². The van der Waals surface area contributed by atoms with Gasteiger partial charge in [-0.15, -0.1) is 0 Å². The van der Waals surface area contributed by atoms with E-state index in [-0.39, 0.29) is 5.91 Å². The zero-order valence-electron chi connectivity index (χ0n) is 9.25. The lowest BCUT2D eigenvalue weighted by Gasteiger charge is -2.22. The number of hydrogen-bond acceptors (Lipinski definition) is 2. The number of aliphatic hydroxyl groups is 1. The predicted molar refractivity (Wildman–Crippen MR) is 56.0 cm³/mol. The first kappa shape index (κ1) is 11.5. The molecule has 0 bridgehead atoms. The topological polar surface area (TPSA) is 40.5 Å². The smallest absolute Gasteiger partial charge is 0.222 e. The molecule has 1 fully saturated rings. The average Bonchev–Trinajstić information content (AvgIpc) is 2.27. The van der Waals surface area contributed by atoms with Crippen molar-refractivity contribution < 1.29 is 9.90 Å². The summed E-state index contributed by atoms with van der Waals surface area (Å²) in [5.74, 6) is 0.241. The monoisotopic (exact) mass is 199 g/mol. The van der Waals surface area contributed by atoms with E-state index in [0.717, 1.165) is 25.8 Å². The van der Waals surface area contributed by atoms with Crippen molar-refractivity contribution in [2.75, 3.05) is 13.1 Å². The molecule has 1 amide bonds. The van der Waals surface area contributed by atoms with E-state index in [0.29, 0.717) is 19.4 Å². The molecule has 1 heterocycles. The molecule has 3 nitrogen and oxygen atoms in total. The van der Waals surface area contributed by atoms with Gasteiger partial charge in [0.15, 0.2) is 0 Å². The summed E-state index contributed by atoms with van der Waals surface area (Å²) >= 11 is 0. The molecule has 1 saturated heterocycles. The lowest BCUT2D eigenvalue weighted by Crippen LogP contribution is -2.33. The molecular weight excluding hydrogens is 178 g/mol. The molecule has 0 saturated carbocycles. The van der Waals surface area contributed by atoms with Crippen LogP contribution in [0.2, 0.25) is 0 Å². The number of carbonyl (C=O) groups is 1. The Labute approximate surface area is 86.1 Å². The van der Waals surface area contributed by atoms with E-state index in [1.165, 1.54) is 0 Å². The Morgan fingerprint density at radius 2 is 2.14 bits per heavy atom. The first-order chi connectivity index (χ1) is 6.55. The van der Waals surface area contributed by atoms with Crippen LogP contribution in [0.3, 0.4) is 0 Å². The minimum atomic E-state index is -0.568. The van der Waals surface area contributed by atoms with E-state index in [1.807, 2.05) is 18.7 Å². The molecule has 0 aromatic heterocycles. The van der Waals surface area contributed by atoms with Gasteiger partial charge >= 0.3 is 0 Å². The summed E-state index contributed by atoms with van der Waals surface area (Å²) in [7, 11) is 0. The molecule has 0 radical (unpaired) electrons. The van der Waals surface area contributed by atoms with Crippen LogP contribution in [0, 0.1) is 0 Å². The van der Waals surface area contributed by atoms with Gasteiger partial charge in [-0.3, -0.25) is 4.79 Å². The van der Waals surface area contributed by atoms with Gasteiger partial charge in [0.1, 0.15) is 0 Å². The lowest BCUT2D eigenvalue weighted by molar-refractivity contribution is -0.131. The SMILES string of the molecule is CCCC(=O)N1CCCC(C)(O)CC1.